The van der Waals surface area contributed by atoms with Crippen molar-refractivity contribution in [3.63, 3.8) is 0 Å². The standard InChI is InChI=1S/C15H16F3NO3/c1-14(2,8-19)22-13(20)10-7-9-5-3-4-6-11(9)21-12(10)15(16,17)18/h3-7,12H,8,19H2,1-2H3. The highest BCUT2D eigenvalue weighted by Crippen LogP contribution is 2.37. The molecule has 2 N–H and O–H groups in total. The quantitative estimate of drug-likeness (QED) is 0.871. The van der Waals surface area contributed by atoms with Crippen LogP contribution in [0.2, 0.25) is 0 Å². The molecule has 1 aliphatic heterocycles. The number of nitrogens with two attached hydrogens (primary N) is 1. The Balaban J connectivity index is 2.40. The summed E-state index contributed by atoms with van der Waals surface area (Å²) in [5, 5.41) is 0. The fourth-order valence-corrected chi connectivity index (χ4v) is 1.90. The van der Waals surface area contributed by atoms with Crippen LogP contribution < -0.4 is 10.5 Å². The maximum atomic E-state index is 13.2. The lowest BCUT2D eigenvalue weighted by Crippen LogP contribution is -2.43. The molecule has 2 rings (SSSR count). The second kappa shape index (κ2) is 5.64. The van der Waals surface area contributed by atoms with Gasteiger partial charge >= 0.3 is 12.1 Å². The molecule has 1 aliphatic rings. The Hall–Kier alpha value is -2.02. The number of halogens is 3. The summed E-state index contributed by atoms with van der Waals surface area (Å²) in [6, 6.07) is 6.17. The van der Waals surface area contributed by atoms with Crippen LogP contribution >= 0.6 is 0 Å². The van der Waals surface area contributed by atoms with Gasteiger partial charge in [-0.3, -0.25) is 0 Å². The zero-order chi connectivity index (χ0) is 16.5. The Kier molecular flexibility index (Phi) is 4.19. The van der Waals surface area contributed by atoms with Crippen LogP contribution in [-0.4, -0.2) is 30.4 Å². The summed E-state index contributed by atoms with van der Waals surface area (Å²) < 4.78 is 49.5. The zero-order valence-electron chi connectivity index (χ0n) is 12.1. The first-order chi connectivity index (χ1) is 10.1. The van der Waals surface area contributed by atoms with Gasteiger partial charge in [-0.15, -0.1) is 0 Å². The Bertz CT molecular complexity index is 608. The van der Waals surface area contributed by atoms with Gasteiger partial charge in [0, 0.05) is 12.1 Å². The molecule has 0 saturated heterocycles. The third-order valence-corrected chi connectivity index (χ3v) is 3.15. The van der Waals surface area contributed by atoms with Crippen molar-refractivity contribution in [2.45, 2.75) is 31.7 Å². The van der Waals surface area contributed by atoms with Crippen molar-refractivity contribution in [1.82, 2.24) is 0 Å². The lowest BCUT2D eigenvalue weighted by atomic mass is 10.0. The number of alkyl halides is 3. The van der Waals surface area contributed by atoms with E-state index < -0.39 is 29.4 Å². The average Bonchev–Trinajstić information content (AvgIpc) is 2.44. The number of ether oxygens (including phenoxy) is 2. The second-order valence-electron chi connectivity index (χ2n) is 5.53. The molecule has 1 aromatic rings. The molecule has 0 spiro atoms. The molecule has 1 atom stereocenters. The number of benzene rings is 1. The van der Waals surface area contributed by atoms with E-state index in [-0.39, 0.29) is 12.3 Å². The fraction of sp³-hybridized carbons (Fsp3) is 0.400. The van der Waals surface area contributed by atoms with Crippen LogP contribution in [0.4, 0.5) is 13.2 Å². The minimum absolute atomic E-state index is 0.0137. The number of rotatable bonds is 3. The molecule has 7 heteroatoms. The zero-order valence-corrected chi connectivity index (χ0v) is 12.1. The van der Waals surface area contributed by atoms with Crippen molar-refractivity contribution in [2.24, 2.45) is 5.73 Å². The summed E-state index contributed by atoms with van der Waals surface area (Å²) in [6.45, 7) is 3.03. The van der Waals surface area contributed by atoms with Crippen molar-refractivity contribution in [1.29, 1.82) is 0 Å². The SMILES string of the molecule is CC(C)(CN)OC(=O)C1=Cc2ccccc2OC1C(F)(F)F. The van der Waals surface area contributed by atoms with Gasteiger partial charge in [-0.1, -0.05) is 18.2 Å². The van der Waals surface area contributed by atoms with Crippen LogP contribution in [0.3, 0.4) is 0 Å². The first-order valence-corrected chi connectivity index (χ1v) is 6.61. The van der Waals surface area contributed by atoms with Gasteiger partial charge in [0.05, 0.1) is 5.57 Å². The molecule has 0 bridgehead atoms. The number of hydrogen-bond acceptors (Lipinski definition) is 4. The molecule has 0 aliphatic carbocycles. The minimum Gasteiger partial charge on any atom is -0.475 e. The third-order valence-electron chi connectivity index (χ3n) is 3.15. The molecule has 4 nitrogen and oxygen atoms in total. The number of carbonyl (C=O) groups is 1. The summed E-state index contributed by atoms with van der Waals surface area (Å²) in [5.74, 6) is -1.02. The van der Waals surface area contributed by atoms with Crippen LogP contribution in [0, 0.1) is 0 Å². The first kappa shape index (κ1) is 16.4. The van der Waals surface area contributed by atoms with Gasteiger partial charge in [0.25, 0.3) is 0 Å². The number of hydrogen-bond donors (Lipinski definition) is 1. The van der Waals surface area contributed by atoms with Gasteiger partial charge in [-0.2, -0.15) is 13.2 Å². The van der Waals surface area contributed by atoms with E-state index in [0.29, 0.717) is 5.56 Å². The summed E-state index contributed by atoms with van der Waals surface area (Å²) >= 11 is 0. The minimum atomic E-state index is -4.73. The highest BCUT2D eigenvalue weighted by molar-refractivity contribution is 5.96. The Morgan fingerprint density at radius 2 is 1.95 bits per heavy atom. The van der Waals surface area contributed by atoms with E-state index >= 15 is 0 Å². The molecule has 0 saturated carbocycles. The van der Waals surface area contributed by atoms with E-state index in [2.05, 4.69) is 0 Å². The Labute approximate surface area is 125 Å². The van der Waals surface area contributed by atoms with E-state index in [9.17, 15) is 18.0 Å². The molecule has 0 fully saturated rings. The number of carbonyl (C=O) groups excluding carboxylic acids is 1. The van der Waals surface area contributed by atoms with E-state index in [1.807, 2.05) is 0 Å². The summed E-state index contributed by atoms with van der Waals surface area (Å²) in [6.07, 6.45) is -5.94. The van der Waals surface area contributed by atoms with Crippen molar-refractivity contribution in [3.05, 3.63) is 35.4 Å². The fourth-order valence-electron chi connectivity index (χ4n) is 1.90. The lowest BCUT2D eigenvalue weighted by Gasteiger charge is -2.30. The van der Waals surface area contributed by atoms with Crippen LogP contribution in [0.1, 0.15) is 19.4 Å². The molecular formula is C15H16F3NO3. The molecule has 0 amide bonds. The molecule has 1 aromatic carbocycles. The highest BCUT2D eigenvalue weighted by Gasteiger charge is 2.49. The topological polar surface area (TPSA) is 61.5 Å². The van der Waals surface area contributed by atoms with Crippen LogP contribution in [-0.2, 0) is 9.53 Å². The third kappa shape index (κ3) is 3.41. The van der Waals surface area contributed by atoms with Gasteiger partial charge in [0.1, 0.15) is 11.4 Å². The number of esters is 1. The molecule has 1 heterocycles. The van der Waals surface area contributed by atoms with Gasteiger partial charge in [0.15, 0.2) is 0 Å². The molecule has 1 unspecified atom stereocenters. The summed E-state index contributed by atoms with van der Waals surface area (Å²) in [7, 11) is 0. The molecule has 120 valence electrons. The first-order valence-electron chi connectivity index (χ1n) is 6.61. The highest BCUT2D eigenvalue weighted by atomic mass is 19.4. The maximum Gasteiger partial charge on any atom is 0.430 e. The normalized spacial score (nSPS) is 18.1. The Morgan fingerprint density at radius 1 is 1.32 bits per heavy atom. The van der Waals surface area contributed by atoms with Crippen molar-refractivity contribution >= 4 is 12.0 Å². The predicted octanol–water partition coefficient (Wildman–Crippen LogP) is 2.67. The van der Waals surface area contributed by atoms with E-state index in [4.69, 9.17) is 15.2 Å². The van der Waals surface area contributed by atoms with Gasteiger partial charge in [0.2, 0.25) is 6.10 Å². The predicted molar refractivity (Wildman–Crippen MR) is 74.1 cm³/mol. The van der Waals surface area contributed by atoms with Crippen molar-refractivity contribution < 1.29 is 27.4 Å². The van der Waals surface area contributed by atoms with Gasteiger partial charge in [-0.25, -0.2) is 4.79 Å². The van der Waals surface area contributed by atoms with Gasteiger partial charge in [-0.05, 0) is 26.0 Å². The van der Waals surface area contributed by atoms with Crippen molar-refractivity contribution in [2.75, 3.05) is 6.54 Å². The summed E-state index contributed by atoms with van der Waals surface area (Å²) in [4.78, 5) is 12.1. The van der Waals surface area contributed by atoms with Crippen LogP contribution in [0.15, 0.2) is 29.8 Å². The van der Waals surface area contributed by atoms with E-state index in [1.54, 1.807) is 18.2 Å². The van der Waals surface area contributed by atoms with Crippen molar-refractivity contribution in [3.8, 4) is 5.75 Å². The molecule has 0 aromatic heterocycles. The molecule has 22 heavy (non-hydrogen) atoms. The number of fused-ring (bicyclic) bond motifs is 1. The molecule has 0 radical (unpaired) electrons. The molecular weight excluding hydrogens is 299 g/mol. The average molecular weight is 315 g/mol. The van der Waals surface area contributed by atoms with E-state index in [1.165, 1.54) is 19.9 Å². The van der Waals surface area contributed by atoms with Gasteiger partial charge < -0.3 is 15.2 Å². The maximum absolute atomic E-state index is 13.2. The lowest BCUT2D eigenvalue weighted by molar-refractivity contribution is -0.190. The van der Waals surface area contributed by atoms with Crippen LogP contribution in [0.25, 0.3) is 6.08 Å². The Morgan fingerprint density at radius 3 is 2.55 bits per heavy atom. The number of para-hydroxylation sites is 1. The monoisotopic (exact) mass is 315 g/mol. The largest absolute Gasteiger partial charge is 0.475 e. The van der Waals surface area contributed by atoms with Crippen LogP contribution in [0.5, 0.6) is 5.75 Å². The smallest absolute Gasteiger partial charge is 0.430 e. The summed E-state index contributed by atoms with van der Waals surface area (Å²) in [5.41, 5.74) is 4.17. The van der Waals surface area contributed by atoms with E-state index in [0.717, 1.165) is 6.08 Å². The second-order valence-corrected chi connectivity index (χ2v) is 5.53.